The highest BCUT2D eigenvalue weighted by Crippen LogP contribution is 2.30. The molecule has 0 saturated heterocycles. The lowest BCUT2D eigenvalue weighted by Gasteiger charge is -2.23. The molecule has 0 spiro atoms. The van der Waals surface area contributed by atoms with Crippen molar-refractivity contribution in [2.24, 2.45) is 0 Å². The number of sulfonamides is 1. The number of nitrogens with zero attached hydrogens (tertiary/aromatic N) is 2. The predicted octanol–water partition coefficient (Wildman–Crippen LogP) is 2.76. The van der Waals surface area contributed by atoms with Crippen LogP contribution in [-0.4, -0.2) is 24.8 Å². The lowest BCUT2D eigenvalue weighted by atomic mass is 10.3. The van der Waals surface area contributed by atoms with Crippen molar-refractivity contribution in [3.8, 4) is 0 Å². The summed E-state index contributed by atoms with van der Waals surface area (Å²) in [6, 6.07) is 4.79. The Labute approximate surface area is 127 Å². The van der Waals surface area contributed by atoms with Gasteiger partial charge in [0.15, 0.2) is 0 Å². The summed E-state index contributed by atoms with van der Waals surface area (Å²) in [5.74, 6) is -0.0559. The fraction of sp³-hybridized carbons (Fsp3) is 0.250. The van der Waals surface area contributed by atoms with Crippen LogP contribution in [0.3, 0.4) is 0 Å². The van der Waals surface area contributed by atoms with Gasteiger partial charge in [0.25, 0.3) is 0 Å². The van der Waals surface area contributed by atoms with Crippen LogP contribution in [0, 0.1) is 0 Å². The highest BCUT2D eigenvalue weighted by Gasteiger charge is 2.29. The fourth-order valence-electron chi connectivity index (χ4n) is 1.71. The number of nitrogen functional groups attached to an aromatic ring is 1. The van der Waals surface area contributed by atoms with Gasteiger partial charge >= 0.3 is 0 Å². The fourth-order valence-corrected chi connectivity index (χ4v) is 4.26. The van der Waals surface area contributed by atoms with Crippen molar-refractivity contribution in [1.29, 1.82) is 0 Å². The number of nitrogens with two attached hydrogens (primary N) is 1. The number of thiophene rings is 1. The van der Waals surface area contributed by atoms with E-state index in [0.717, 1.165) is 4.88 Å². The van der Waals surface area contributed by atoms with Gasteiger partial charge in [-0.3, -0.25) is 0 Å². The van der Waals surface area contributed by atoms with E-state index in [1.807, 2.05) is 24.4 Å². The first-order chi connectivity index (χ1) is 9.34. The highest BCUT2D eigenvalue weighted by molar-refractivity contribution is 7.89. The largest absolute Gasteiger partial charge is 0.383 e. The maximum Gasteiger partial charge on any atom is 0.247 e. The average Bonchev–Trinajstić information content (AvgIpc) is 2.93. The molecule has 2 rings (SSSR count). The summed E-state index contributed by atoms with van der Waals surface area (Å²) < 4.78 is 26.5. The van der Waals surface area contributed by atoms with E-state index in [9.17, 15) is 8.42 Å². The van der Waals surface area contributed by atoms with E-state index in [2.05, 4.69) is 4.98 Å². The molecule has 2 aromatic heterocycles. The maximum atomic E-state index is 12.6. The number of hydrogen-bond acceptors (Lipinski definition) is 5. The molecule has 8 heteroatoms. The zero-order chi connectivity index (χ0) is 14.9. The SMILES string of the molecule is C[C@H](c1cccs1)N(C)S(=O)(=O)c1cc(Cl)cnc1N. The summed E-state index contributed by atoms with van der Waals surface area (Å²) in [6.07, 6.45) is 1.32. The smallest absolute Gasteiger partial charge is 0.247 e. The first-order valence-electron chi connectivity index (χ1n) is 5.76. The Morgan fingerprint density at radius 3 is 2.80 bits per heavy atom. The average molecular weight is 332 g/mol. The Morgan fingerprint density at radius 1 is 1.50 bits per heavy atom. The summed E-state index contributed by atoms with van der Waals surface area (Å²) in [6.45, 7) is 1.82. The summed E-state index contributed by atoms with van der Waals surface area (Å²) in [4.78, 5) is 4.67. The molecule has 0 saturated carbocycles. The third-order valence-electron chi connectivity index (χ3n) is 3.01. The number of anilines is 1. The predicted molar refractivity (Wildman–Crippen MR) is 81.3 cm³/mol. The van der Waals surface area contributed by atoms with E-state index in [1.54, 1.807) is 0 Å². The summed E-state index contributed by atoms with van der Waals surface area (Å²) in [7, 11) is -2.24. The molecular weight excluding hydrogens is 318 g/mol. The highest BCUT2D eigenvalue weighted by atomic mass is 35.5. The van der Waals surface area contributed by atoms with E-state index in [4.69, 9.17) is 17.3 Å². The number of pyridine rings is 1. The van der Waals surface area contributed by atoms with Crippen molar-refractivity contribution in [2.45, 2.75) is 17.9 Å². The molecule has 0 aliphatic heterocycles. The van der Waals surface area contributed by atoms with Crippen LogP contribution >= 0.6 is 22.9 Å². The zero-order valence-electron chi connectivity index (χ0n) is 10.9. The van der Waals surface area contributed by atoms with Gasteiger partial charge < -0.3 is 5.73 Å². The monoisotopic (exact) mass is 331 g/mol. The van der Waals surface area contributed by atoms with Crippen LogP contribution in [0.4, 0.5) is 5.82 Å². The topological polar surface area (TPSA) is 76.3 Å². The quantitative estimate of drug-likeness (QED) is 0.934. The molecule has 2 N–H and O–H groups in total. The molecule has 0 radical (unpaired) electrons. The Morgan fingerprint density at radius 2 is 2.20 bits per heavy atom. The zero-order valence-corrected chi connectivity index (χ0v) is 13.3. The van der Waals surface area contributed by atoms with Crippen LogP contribution in [0.2, 0.25) is 5.02 Å². The Hall–Kier alpha value is -1.15. The molecule has 20 heavy (non-hydrogen) atoms. The summed E-state index contributed by atoms with van der Waals surface area (Å²) in [5, 5.41) is 2.14. The van der Waals surface area contributed by atoms with Crippen LogP contribution in [0.15, 0.2) is 34.7 Å². The van der Waals surface area contributed by atoms with Gasteiger partial charge in [-0.1, -0.05) is 17.7 Å². The third-order valence-corrected chi connectivity index (χ3v) is 6.21. The maximum absolute atomic E-state index is 12.6. The van der Waals surface area contributed by atoms with Crippen LogP contribution < -0.4 is 5.73 Å². The van der Waals surface area contributed by atoms with Gasteiger partial charge in [-0.15, -0.1) is 11.3 Å². The molecule has 5 nitrogen and oxygen atoms in total. The molecule has 0 aliphatic carbocycles. The number of aromatic nitrogens is 1. The van der Waals surface area contributed by atoms with Crippen molar-refractivity contribution in [3.63, 3.8) is 0 Å². The van der Waals surface area contributed by atoms with Crippen molar-refractivity contribution >= 4 is 38.8 Å². The van der Waals surface area contributed by atoms with Gasteiger partial charge in [-0.05, 0) is 24.4 Å². The molecule has 0 amide bonds. The van der Waals surface area contributed by atoms with E-state index in [1.165, 1.54) is 35.0 Å². The van der Waals surface area contributed by atoms with Crippen LogP contribution in [0.5, 0.6) is 0 Å². The van der Waals surface area contributed by atoms with Crippen molar-refractivity contribution < 1.29 is 8.42 Å². The molecule has 1 atom stereocenters. The van der Waals surface area contributed by atoms with E-state index < -0.39 is 10.0 Å². The first kappa shape index (κ1) is 15.2. The van der Waals surface area contributed by atoms with Crippen LogP contribution in [0.1, 0.15) is 17.8 Å². The van der Waals surface area contributed by atoms with Crippen LogP contribution in [0.25, 0.3) is 0 Å². The van der Waals surface area contributed by atoms with Crippen molar-refractivity contribution in [3.05, 3.63) is 39.7 Å². The minimum Gasteiger partial charge on any atom is -0.383 e. The lowest BCUT2D eigenvalue weighted by molar-refractivity contribution is 0.403. The first-order valence-corrected chi connectivity index (χ1v) is 8.46. The summed E-state index contributed by atoms with van der Waals surface area (Å²) in [5.41, 5.74) is 5.66. The molecule has 2 aromatic rings. The standard InChI is InChI=1S/C12H14ClN3O2S2/c1-8(10-4-3-5-19-10)16(2)20(17,18)11-6-9(13)7-15-12(11)14/h3-8H,1-2H3,(H2,14,15)/t8-/m1/s1. The second kappa shape index (κ2) is 5.69. The Balaban J connectivity index is 2.42. The minimum atomic E-state index is -3.75. The van der Waals surface area contributed by atoms with E-state index >= 15 is 0 Å². The van der Waals surface area contributed by atoms with Gasteiger partial charge in [0.2, 0.25) is 10.0 Å². The van der Waals surface area contributed by atoms with Gasteiger partial charge in [0, 0.05) is 18.1 Å². The van der Waals surface area contributed by atoms with Crippen molar-refractivity contribution in [2.75, 3.05) is 12.8 Å². The Bertz CT molecular complexity index is 701. The molecule has 0 aromatic carbocycles. The number of hydrogen-bond donors (Lipinski definition) is 1. The minimum absolute atomic E-state index is 0.0559. The van der Waals surface area contributed by atoms with Gasteiger partial charge in [-0.2, -0.15) is 4.31 Å². The number of rotatable bonds is 4. The molecule has 2 heterocycles. The van der Waals surface area contributed by atoms with Gasteiger partial charge in [-0.25, -0.2) is 13.4 Å². The van der Waals surface area contributed by atoms with Gasteiger partial charge in [0.05, 0.1) is 11.1 Å². The molecule has 0 bridgehead atoms. The van der Waals surface area contributed by atoms with Crippen LogP contribution in [-0.2, 0) is 10.0 Å². The normalized spacial score (nSPS) is 13.6. The van der Waals surface area contributed by atoms with E-state index in [0.29, 0.717) is 0 Å². The molecular formula is C12H14ClN3O2S2. The number of halogens is 1. The second-order valence-corrected chi connectivity index (χ2v) is 7.63. The Kier molecular flexibility index (Phi) is 4.33. The van der Waals surface area contributed by atoms with Gasteiger partial charge in [0.1, 0.15) is 10.7 Å². The second-order valence-electron chi connectivity index (χ2n) is 4.25. The molecule has 0 aliphatic rings. The van der Waals surface area contributed by atoms with Crippen molar-refractivity contribution in [1.82, 2.24) is 9.29 Å². The lowest BCUT2D eigenvalue weighted by Crippen LogP contribution is -2.30. The third kappa shape index (κ3) is 2.80. The molecule has 108 valence electrons. The molecule has 0 unspecified atom stereocenters. The molecule has 0 fully saturated rings. The summed E-state index contributed by atoms with van der Waals surface area (Å²) >= 11 is 7.31. The van der Waals surface area contributed by atoms with E-state index in [-0.39, 0.29) is 21.8 Å².